The third-order valence-corrected chi connectivity index (χ3v) is 3.23. The first-order valence-electron chi connectivity index (χ1n) is 5.91. The molecule has 0 N–H and O–H groups in total. The third kappa shape index (κ3) is 3.58. The minimum absolute atomic E-state index is 0.0418. The van der Waals surface area contributed by atoms with Crippen molar-refractivity contribution in [3.8, 4) is 6.07 Å². The normalized spacial score (nSPS) is 10.2. The van der Waals surface area contributed by atoms with Crippen LogP contribution in [-0.4, -0.2) is 18.4 Å². The summed E-state index contributed by atoms with van der Waals surface area (Å²) in [5.41, 5.74) is 1.59. The lowest BCUT2D eigenvalue weighted by molar-refractivity contribution is 0.101. The largest absolute Gasteiger partial charge is 0.367 e. The number of hydrogen-bond donors (Lipinski definition) is 0. The van der Waals surface area contributed by atoms with E-state index in [9.17, 15) is 4.79 Å². The van der Waals surface area contributed by atoms with Gasteiger partial charge in [0.1, 0.15) is 0 Å². The molecular formula is C14H17BrN2O. The van der Waals surface area contributed by atoms with Crippen LogP contribution in [0, 0.1) is 11.3 Å². The van der Waals surface area contributed by atoms with E-state index >= 15 is 0 Å². The fourth-order valence-electron chi connectivity index (χ4n) is 1.87. The van der Waals surface area contributed by atoms with E-state index in [1.54, 1.807) is 6.92 Å². The van der Waals surface area contributed by atoms with Gasteiger partial charge in [0.15, 0.2) is 5.78 Å². The van der Waals surface area contributed by atoms with Gasteiger partial charge in [0, 0.05) is 28.3 Å². The quantitative estimate of drug-likeness (QED) is 0.778. The monoisotopic (exact) mass is 308 g/mol. The number of halogens is 1. The number of carbonyl (C=O) groups is 1. The maximum atomic E-state index is 11.7. The lowest BCUT2D eigenvalue weighted by Gasteiger charge is -2.30. The van der Waals surface area contributed by atoms with Gasteiger partial charge in [-0.2, -0.15) is 5.26 Å². The second-order valence-electron chi connectivity index (χ2n) is 4.41. The van der Waals surface area contributed by atoms with E-state index < -0.39 is 0 Å². The molecule has 0 fully saturated rings. The molecule has 0 spiro atoms. The summed E-state index contributed by atoms with van der Waals surface area (Å²) in [5, 5.41) is 8.72. The number of carbonyl (C=O) groups excluding carboxylic acids is 1. The Morgan fingerprint density at radius 3 is 2.67 bits per heavy atom. The van der Waals surface area contributed by atoms with Crippen molar-refractivity contribution in [1.29, 1.82) is 5.26 Å². The highest BCUT2D eigenvalue weighted by atomic mass is 79.9. The number of hydrogen-bond acceptors (Lipinski definition) is 3. The summed E-state index contributed by atoms with van der Waals surface area (Å²) in [6, 6.07) is 8.01. The molecule has 3 nitrogen and oxygen atoms in total. The molecule has 96 valence electrons. The van der Waals surface area contributed by atoms with Crippen LogP contribution in [0.15, 0.2) is 22.7 Å². The molecule has 1 rings (SSSR count). The van der Waals surface area contributed by atoms with Gasteiger partial charge in [-0.05, 0) is 39.0 Å². The van der Waals surface area contributed by atoms with E-state index in [4.69, 9.17) is 5.26 Å². The van der Waals surface area contributed by atoms with Crippen LogP contribution in [0.1, 0.15) is 37.6 Å². The van der Waals surface area contributed by atoms with Crippen LogP contribution in [0.2, 0.25) is 0 Å². The predicted molar refractivity (Wildman–Crippen MR) is 76.9 cm³/mol. The Labute approximate surface area is 117 Å². The molecule has 0 bridgehead atoms. The van der Waals surface area contributed by atoms with Gasteiger partial charge in [0.05, 0.1) is 12.5 Å². The van der Waals surface area contributed by atoms with E-state index in [0.717, 1.165) is 10.2 Å². The van der Waals surface area contributed by atoms with Crippen LogP contribution < -0.4 is 4.90 Å². The molecule has 0 aliphatic heterocycles. The highest BCUT2D eigenvalue weighted by Gasteiger charge is 2.16. The number of anilines is 1. The van der Waals surface area contributed by atoms with Gasteiger partial charge >= 0.3 is 0 Å². The van der Waals surface area contributed by atoms with Crippen molar-refractivity contribution in [1.82, 2.24) is 0 Å². The van der Waals surface area contributed by atoms with Crippen LogP contribution in [0.3, 0.4) is 0 Å². The van der Waals surface area contributed by atoms with Crippen LogP contribution in [-0.2, 0) is 0 Å². The minimum Gasteiger partial charge on any atom is -0.367 e. The fraction of sp³-hybridized carbons (Fsp3) is 0.429. The lowest BCUT2D eigenvalue weighted by atomic mass is 10.1. The van der Waals surface area contributed by atoms with Crippen LogP contribution in [0.25, 0.3) is 0 Å². The molecule has 0 saturated heterocycles. The molecule has 0 aliphatic rings. The van der Waals surface area contributed by atoms with E-state index in [1.807, 2.05) is 18.2 Å². The van der Waals surface area contributed by atoms with Crippen LogP contribution in [0.4, 0.5) is 5.69 Å². The Morgan fingerprint density at radius 1 is 1.50 bits per heavy atom. The van der Waals surface area contributed by atoms with Crippen molar-refractivity contribution in [3.63, 3.8) is 0 Å². The van der Waals surface area contributed by atoms with Gasteiger partial charge in [0.25, 0.3) is 0 Å². The Balaban J connectivity index is 3.21. The molecule has 0 amide bonds. The van der Waals surface area contributed by atoms with E-state index in [0.29, 0.717) is 18.5 Å². The van der Waals surface area contributed by atoms with Crippen LogP contribution >= 0.6 is 15.9 Å². The Bertz CT molecular complexity index is 477. The number of nitriles is 1. The number of nitrogens with zero attached hydrogens (tertiary/aromatic N) is 2. The first-order valence-corrected chi connectivity index (χ1v) is 6.70. The number of Topliss-reactive ketones (excluding diaryl/α,β-unsaturated/α-hetero) is 1. The summed E-state index contributed by atoms with van der Waals surface area (Å²) in [6.45, 7) is 6.31. The Hall–Kier alpha value is -1.34. The highest BCUT2D eigenvalue weighted by Crippen LogP contribution is 2.27. The maximum absolute atomic E-state index is 11.7. The number of benzene rings is 1. The highest BCUT2D eigenvalue weighted by molar-refractivity contribution is 9.10. The molecule has 4 heteroatoms. The second-order valence-corrected chi connectivity index (χ2v) is 5.33. The molecule has 18 heavy (non-hydrogen) atoms. The summed E-state index contributed by atoms with van der Waals surface area (Å²) in [7, 11) is 0. The SMILES string of the molecule is CC(=O)c1ccc(Br)cc1N(CCC#N)C(C)C. The van der Waals surface area contributed by atoms with Gasteiger partial charge < -0.3 is 4.90 Å². The lowest BCUT2D eigenvalue weighted by Crippen LogP contribution is -2.32. The zero-order valence-corrected chi connectivity index (χ0v) is 12.5. The van der Waals surface area contributed by atoms with Crippen molar-refractivity contribution >= 4 is 27.4 Å². The first-order chi connectivity index (χ1) is 8.47. The average Bonchev–Trinajstić information content (AvgIpc) is 2.28. The van der Waals surface area contributed by atoms with Crippen molar-refractivity contribution in [2.24, 2.45) is 0 Å². The zero-order valence-electron chi connectivity index (χ0n) is 10.9. The average molecular weight is 309 g/mol. The van der Waals surface area contributed by atoms with Crippen LogP contribution in [0.5, 0.6) is 0 Å². The third-order valence-electron chi connectivity index (χ3n) is 2.74. The number of ketones is 1. The smallest absolute Gasteiger partial charge is 0.161 e. The van der Waals surface area contributed by atoms with Gasteiger partial charge in [0.2, 0.25) is 0 Å². The summed E-state index contributed by atoms with van der Waals surface area (Å²) in [4.78, 5) is 13.8. The fourth-order valence-corrected chi connectivity index (χ4v) is 2.22. The maximum Gasteiger partial charge on any atom is 0.161 e. The molecule has 1 aromatic carbocycles. The molecule has 0 saturated carbocycles. The van der Waals surface area contributed by atoms with Gasteiger partial charge in [-0.15, -0.1) is 0 Å². The van der Waals surface area contributed by atoms with Gasteiger partial charge in [-0.1, -0.05) is 15.9 Å². The number of rotatable bonds is 5. The molecule has 1 aromatic rings. The second kappa shape index (κ2) is 6.55. The summed E-state index contributed by atoms with van der Waals surface area (Å²) >= 11 is 3.43. The summed E-state index contributed by atoms with van der Waals surface area (Å²) < 4.78 is 0.935. The van der Waals surface area contributed by atoms with E-state index in [-0.39, 0.29) is 11.8 Å². The van der Waals surface area contributed by atoms with E-state index in [1.165, 1.54) is 0 Å². The van der Waals surface area contributed by atoms with Crippen molar-refractivity contribution in [2.75, 3.05) is 11.4 Å². The zero-order chi connectivity index (χ0) is 13.7. The van der Waals surface area contributed by atoms with Crippen molar-refractivity contribution in [3.05, 3.63) is 28.2 Å². The molecule has 0 atom stereocenters. The predicted octanol–water partition coefficient (Wildman–Crippen LogP) is 3.78. The summed E-state index contributed by atoms with van der Waals surface area (Å²) in [6.07, 6.45) is 0.446. The van der Waals surface area contributed by atoms with E-state index in [2.05, 4.69) is 40.7 Å². The molecule has 0 aliphatic carbocycles. The molecule has 0 heterocycles. The standard InChI is InChI=1S/C14H17BrN2O/c1-10(2)17(8-4-7-16)14-9-12(15)5-6-13(14)11(3)18/h5-6,9-10H,4,8H2,1-3H3. The minimum atomic E-state index is 0.0418. The summed E-state index contributed by atoms with van der Waals surface area (Å²) in [5.74, 6) is 0.0418. The first kappa shape index (κ1) is 14.7. The van der Waals surface area contributed by atoms with Crippen molar-refractivity contribution in [2.45, 2.75) is 33.2 Å². The molecule has 0 unspecified atom stereocenters. The molecular weight excluding hydrogens is 292 g/mol. The van der Waals surface area contributed by atoms with Crippen molar-refractivity contribution < 1.29 is 4.79 Å². The topological polar surface area (TPSA) is 44.1 Å². The molecule has 0 radical (unpaired) electrons. The van der Waals surface area contributed by atoms with Gasteiger partial charge in [-0.25, -0.2) is 0 Å². The molecule has 0 aromatic heterocycles. The Kier molecular flexibility index (Phi) is 5.36. The van der Waals surface area contributed by atoms with Gasteiger partial charge in [-0.3, -0.25) is 4.79 Å². The Morgan fingerprint density at radius 2 is 2.17 bits per heavy atom.